The number of rotatable bonds is 3. The third-order valence-electron chi connectivity index (χ3n) is 2.91. The molecule has 0 aromatic carbocycles. The predicted octanol–water partition coefficient (Wildman–Crippen LogP) is 2.55. The van der Waals surface area contributed by atoms with Crippen molar-refractivity contribution in [2.45, 2.75) is 18.3 Å². The van der Waals surface area contributed by atoms with Crippen LogP contribution in [0.1, 0.15) is 18.7 Å². The molecular weight excluding hydrogens is 290 g/mol. The van der Waals surface area contributed by atoms with Crippen molar-refractivity contribution in [2.24, 2.45) is 5.73 Å². The quantitative estimate of drug-likeness (QED) is 0.946. The molecule has 2 N–H and O–H groups in total. The van der Waals surface area contributed by atoms with Crippen LogP contribution < -0.4 is 5.73 Å². The van der Waals surface area contributed by atoms with Gasteiger partial charge < -0.3 is 10.3 Å². The number of aromatic nitrogens is 2. The summed E-state index contributed by atoms with van der Waals surface area (Å²) in [5.74, 6) is 1.35. The number of hydrogen-bond acceptors (Lipinski definition) is 5. The molecule has 0 spiro atoms. The molecule has 1 saturated carbocycles. The molecule has 2 aromatic heterocycles. The molecule has 3 rings (SSSR count). The monoisotopic (exact) mass is 299 g/mol. The van der Waals surface area contributed by atoms with Crippen LogP contribution in [-0.4, -0.2) is 16.7 Å². The molecule has 0 aliphatic heterocycles. The van der Waals surface area contributed by atoms with Gasteiger partial charge in [-0.1, -0.05) is 5.16 Å². The van der Waals surface area contributed by atoms with Crippen LogP contribution in [0.3, 0.4) is 0 Å². The van der Waals surface area contributed by atoms with Gasteiger partial charge in [0.15, 0.2) is 0 Å². The van der Waals surface area contributed by atoms with Gasteiger partial charge in [-0.3, -0.25) is 0 Å². The molecule has 2 heterocycles. The van der Waals surface area contributed by atoms with Gasteiger partial charge in [0.2, 0.25) is 11.7 Å². The predicted molar refractivity (Wildman–Crippen MR) is 65.3 cm³/mol. The van der Waals surface area contributed by atoms with E-state index in [1.54, 1.807) is 11.3 Å². The summed E-state index contributed by atoms with van der Waals surface area (Å²) in [7, 11) is 0. The zero-order valence-electron chi connectivity index (χ0n) is 8.44. The highest BCUT2D eigenvalue weighted by Gasteiger charge is 2.48. The first-order valence-corrected chi connectivity index (χ1v) is 6.69. The van der Waals surface area contributed by atoms with E-state index >= 15 is 0 Å². The first-order valence-electron chi connectivity index (χ1n) is 5.02. The molecule has 1 aliphatic rings. The Balaban J connectivity index is 1.94. The highest BCUT2D eigenvalue weighted by molar-refractivity contribution is 9.10. The lowest BCUT2D eigenvalue weighted by molar-refractivity contribution is 0.347. The molecular formula is C10H10BrN3OS. The molecule has 4 nitrogen and oxygen atoms in total. The van der Waals surface area contributed by atoms with E-state index in [0.717, 1.165) is 22.2 Å². The summed E-state index contributed by atoms with van der Waals surface area (Å²) < 4.78 is 6.34. The molecule has 6 heteroatoms. The van der Waals surface area contributed by atoms with Gasteiger partial charge in [0, 0.05) is 16.4 Å². The molecule has 0 saturated heterocycles. The van der Waals surface area contributed by atoms with E-state index < -0.39 is 0 Å². The second-order valence-electron chi connectivity index (χ2n) is 4.04. The lowest BCUT2D eigenvalue weighted by Crippen LogP contribution is -2.19. The smallest absolute Gasteiger partial charge is 0.234 e. The van der Waals surface area contributed by atoms with Crippen molar-refractivity contribution in [3.05, 3.63) is 21.8 Å². The van der Waals surface area contributed by atoms with Crippen molar-refractivity contribution in [3.8, 4) is 10.7 Å². The third-order valence-corrected chi connectivity index (χ3v) is 4.60. The van der Waals surface area contributed by atoms with Crippen molar-refractivity contribution in [2.75, 3.05) is 6.54 Å². The fourth-order valence-corrected chi connectivity index (χ4v) is 2.98. The van der Waals surface area contributed by atoms with Crippen molar-refractivity contribution < 1.29 is 4.52 Å². The summed E-state index contributed by atoms with van der Waals surface area (Å²) in [5.41, 5.74) is 5.69. The van der Waals surface area contributed by atoms with E-state index in [2.05, 4.69) is 26.1 Å². The van der Waals surface area contributed by atoms with Crippen LogP contribution in [-0.2, 0) is 5.41 Å². The molecule has 0 radical (unpaired) electrons. The summed E-state index contributed by atoms with van der Waals surface area (Å²) in [4.78, 5) is 5.44. The molecule has 0 bridgehead atoms. The van der Waals surface area contributed by atoms with Crippen molar-refractivity contribution in [1.82, 2.24) is 10.1 Å². The standard InChI is InChI=1S/C10H10BrN3OS/c11-6-3-7(16-4-6)8-13-9(15-14-8)10(5-12)1-2-10/h3-4H,1-2,5,12H2. The zero-order chi connectivity index (χ0) is 11.2. The van der Waals surface area contributed by atoms with E-state index in [9.17, 15) is 0 Å². The fourth-order valence-electron chi connectivity index (χ4n) is 1.63. The lowest BCUT2D eigenvalue weighted by atomic mass is 10.1. The normalized spacial score (nSPS) is 17.6. The Kier molecular flexibility index (Phi) is 2.38. The molecule has 0 amide bonds. The number of halogens is 1. The van der Waals surface area contributed by atoms with Crippen molar-refractivity contribution >= 4 is 27.3 Å². The van der Waals surface area contributed by atoms with E-state index in [4.69, 9.17) is 10.3 Å². The van der Waals surface area contributed by atoms with E-state index in [1.165, 1.54) is 0 Å². The Morgan fingerprint density at radius 3 is 2.94 bits per heavy atom. The first kappa shape index (κ1) is 10.4. The van der Waals surface area contributed by atoms with Gasteiger partial charge in [-0.15, -0.1) is 11.3 Å². The second kappa shape index (κ2) is 3.65. The van der Waals surface area contributed by atoms with Gasteiger partial charge in [0.1, 0.15) is 0 Å². The lowest BCUT2D eigenvalue weighted by Gasteiger charge is -2.03. The summed E-state index contributed by atoms with van der Waals surface area (Å²) in [6.45, 7) is 0.586. The van der Waals surface area contributed by atoms with Gasteiger partial charge in [0.25, 0.3) is 0 Å². The zero-order valence-corrected chi connectivity index (χ0v) is 10.8. The minimum atomic E-state index is -0.0280. The fraction of sp³-hybridized carbons (Fsp3) is 0.400. The Bertz CT molecular complexity index is 518. The van der Waals surface area contributed by atoms with Gasteiger partial charge in [-0.25, -0.2) is 0 Å². The molecule has 0 atom stereocenters. The molecule has 0 unspecified atom stereocenters. The molecule has 2 aromatic rings. The number of thiophene rings is 1. The maximum atomic E-state index is 5.72. The summed E-state index contributed by atoms with van der Waals surface area (Å²) in [6, 6.07) is 1.99. The summed E-state index contributed by atoms with van der Waals surface area (Å²) in [6.07, 6.45) is 2.11. The van der Waals surface area contributed by atoms with Crippen molar-refractivity contribution in [1.29, 1.82) is 0 Å². The Hall–Kier alpha value is -0.720. The number of nitrogens with zero attached hydrogens (tertiary/aromatic N) is 2. The van der Waals surface area contributed by atoms with Crippen LogP contribution in [0.25, 0.3) is 10.7 Å². The topological polar surface area (TPSA) is 64.9 Å². The highest BCUT2D eigenvalue weighted by atomic mass is 79.9. The van der Waals surface area contributed by atoms with Crippen LogP contribution in [0.4, 0.5) is 0 Å². The van der Waals surface area contributed by atoms with E-state index in [-0.39, 0.29) is 5.41 Å². The SMILES string of the molecule is NCC1(c2nc(-c3cc(Br)cs3)no2)CC1. The summed E-state index contributed by atoms with van der Waals surface area (Å²) in [5, 5.41) is 6.00. The minimum Gasteiger partial charge on any atom is -0.338 e. The largest absolute Gasteiger partial charge is 0.338 e. The number of nitrogens with two attached hydrogens (primary N) is 1. The highest BCUT2D eigenvalue weighted by Crippen LogP contribution is 2.46. The minimum absolute atomic E-state index is 0.0280. The van der Waals surface area contributed by atoms with Crippen LogP contribution in [0.5, 0.6) is 0 Å². The van der Waals surface area contributed by atoms with E-state index in [1.807, 2.05) is 11.4 Å². The summed E-state index contributed by atoms with van der Waals surface area (Å²) >= 11 is 5.00. The molecule has 1 fully saturated rings. The van der Waals surface area contributed by atoms with Gasteiger partial charge in [-0.05, 0) is 34.8 Å². The molecule has 84 valence electrons. The van der Waals surface area contributed by atoms with Crippen LogP contribution in [0.2, 0.25) is 0 Å². The Labute approximate surface area is 105 Å². The number of hydrogen-bond donors (Lipinski definition) is 1. The Morgan fingerprint density at radius 1 is 1.56 bits per heavy atom. The van der Waals surface area contributed by atoms with E-state index in [0.29, 0.717) is 18.3 Å². The van der Waals surface area contributed by atoms with Gasteiger partial charge in [0.05, 0.1) is 10.3 Å². The first-order chi connectivity index (χ1) is 7.73. The molecule has 16 heavy (non-hydrogen) atoms. The van der Waals surface area contributed by atoms with Crippen LogP contribution in [0, 0.1) is 0 Å². The maximum Gasteiger partial charge on any atom is 0.234 e. The van der Waals surface area contributed by atoms with Gasteiger partial charge >= 0.3 is 0 Å². The average molecular weight is 300 g/mol. The Morgan fingerprint density at radius 2 is 2.38 bits per heavy atom. The van der Waals surface area contributed by atoms with Crippen LogP contribution >= 0.6 is 27.3 Å². The second-order valence-corrected chi connectivity index (χ2v) is 5.86. The average Bonchev–Trinajstić information content (AvgIpc) is 2.74. The third kappa shape index (κ3) is 1.61. The van der Waals surface area contributed by atoms with Crippen molar-refractivity contribution in [3.63, 3.8) is 0 Å². The van der Waals surface area contributed by atoms with Crippen LogP contribution in [0.15, 0.2) is 20.4 Å². The maximum absolute atomic E-state index is 5.72. The van der Waals surface area contributed by atoms with Gasteiger partial charge in [-0.2, -0.15) is 4.98 Å². The molecule has 1 aliphatic carbocycles.